The molecule has 3 aromatic rings. The van der Waals surface area contributed by atoms with Gasteiger partial charge in [-0.1, -0.05) is 0 Å². The van der Waals surface area contributed by atoms with Crippen molar-refractivity contribution < 1.29 is 14.6 Å². The second-order valence-corrected chi connectivity index (χ2v) is 6.85. The lowest BCUT2D eigenvalue weighted by Gasteiger charge is -2.06. The van der Waals surface area contributed by atoms with Crippen LogP contribution in [0.5, 0.6) is 0 Å². The van der Waals surface area contributed by atoms with E-state index >= 15 is 0 Å². The van der Waals surface area contributed by atoms with Crippen molar-refractivity contribution in [3.05, 3.63) is 51.3 Å². The number of thiophene rings is 1. The van der Waals surface area contributed by atoms with E-state index in [9.17, 15) is 4.79 Å². The third kappa shape index (κ3) is 3.15. The normalized spacial score (nSPS) is 13.2. The van der Waals surface area contributed by atoms with Crippen LogP contribution in [0.3, 0.4) is 0 Å². The van der Waals surface area contributed by atoms with Gasteiger partial charge in [0.25, 0.3) is 5.56 Å². The summed E-state index contributed by atoms with van der Waals surface area (Å²) in [6.07, 6.45) is 7.35. The number of fused-ring (bicyclic) bond motifs is 3. The van der Waals surface area contributed by atoms with Crippen LogP contribution in [-0.4, -0.2) is 21.6 Å². The van der Waals surface area contributed by atoms with Gasteiger partial charge in [-0.2, -0.15) is 0 Å². The van der Waals surface area contributed by atoms with Gasteiger partial charge in [-0.25, -0.2) is 4.98 Å². The number of rotatable bonds is 6. The number of nitrogens with zero attached hydrogens (tertiary/aromatic N) is 2. The average Bonchev–Trinajstić information content (AvgIpc) is 3.25. The number of aromatic nitrogens is 2. The molecular weight excluding hydrogens is 328 g/mol. The maximum atomic E-state index is 12.7. The standard InChI is InChI=1S/C17H18N2O3S.H2O/c20-17-15-13-5-1-6-14(13)23-16(15)18-11-19(17)7-3-8-21-10-12-4-2-9-22-12;/h2,4,9,11H,1,3,5-8,10H2;1H2. The summed E-state index contributed by atoms with van der Waals surface area (Å²) in [5.41, 5.74) is 1.34. The van der Waals surface area contributed by atoms with Crippen molar-refractivity contribution >= 4 is 21.6 Å². The van der Waals surface area contributed by atoms with Crippen LogP contribution in [0.4, 0.5) is 0 Å². The van der Waals surface area contributed by atoms with E-state index in [0.717, 1.165) is 41.7 Å². The number of hydrogen-bond acceptors (Lipinski definition) is 5. The molecule has 0 aliphatic heterocycles. The Morgan fingerprint density at radius 1 is 1.38 bits per heavy atom. The predicted molar refractivity (Wildman–Crippen MR) is 92.5 cm³/mol. The lowest BCUT2D eigenvalue weighted by molar-refractivity contribution is 0.101. The largest absolute Gasteiger partial charge is 0.467 e. The fourth-order valence-electron chi connectivity index (χ4n) is 3.08. The van der Waals surface area contributed by atoms with Gasteiger partial charge in [0.1, 0.15) is 17.2 Å². The minimum atomic E-state index is 0. The molecule has 24 heavy (non-hydrogen) atoms. The van der Waals surface area contributed by atoms with Crippen molar-refractivity contribution in [1.29, 1.82) is 0 Å². The second-order valence-electron chi connectivity index (χ2n) is 5.77. The smallest absolute Gasteiger partial charge is 0.262 e. The van der Waals surface area contributed by atoms with Gasteiger partial charge in [-0.3, -0.25) is 9.36 Å². The summed E-state index contributed by atoms with van der Waals surface area (Å²) in [6, 6.07) is 3.73. The van der Waals surface area contributed by atoms with E-state index in [1.165, 1.54) is 10.4 Å². The molecule has 0 bridgehead atoms. The van der Waals surface area contributed by atoms with Crippen molar-refractivity contribution in [1.82, 2.24) is 9.55 Å². The lowest BCUT2D eigenvalue weighted by Crippen LogP contribution is -2.21. The van der Waals surface area contributed by atoms with Gasteiger partial charge in [0.15, 0.2) is 0 Å². The topological polar surface area (TPSA) is 88.8 Å². The van der Waals surface area contributed by atoms with E-state index in [4.69, 9.17) is 9.15 Å². The number of hydrogen-bond donors (Lipinski definition) is 0. The van der Waals surface area contributed by atoms with Gasteiger partial charge in [-0.05, 0) is 43.4 Å². The maximum Gasteiger partial charge on any atom is 0.262 e. The van der Waals surface area contributed by atoms with Gasteiger partial charge < -0.3 is 14.6 Å². The van der Waals surface area contributed by atoms with Crippen LogP contribution in [0.1, 0.15) is 29.0 Å². The summed E-state index contributed by atoms with van der Waals surface area (Å²) in [6.45, 7) is 1.69. The Labute approximate surface area is 143 Å². The fourth-order valence-corrected chi connectivity index (χ4v) is 4.30. The number of ether oxygens (including phenoxy) is 1. The zero-order valence-electron chi connectivity index (χ0n) is 13.3. The first-order valence-electron chi connectivity index (χ1n) is 7.93. The molecule has 6 nitrogen and oxygen atoms in total. The molecule has 128 valence electrons. The highest BCUT2D eigenvalue weighted by atomic mass is 32.1. The monoisotopic (exact) mass is 348 g/mol. The van der Waals surface area contributed by atoms with E-state index in [1.807, 2.05) is 12.1 Å². The Hall–Kier alpha value is -1.96. The van der Waals surface area contributed by atoms with Crippen LogP contribution >= 0.6 is 11.3 Å². The predicted octanol–water partition coefficient (Wildman–Crippen LogP) is 2.32. The SMILES string of the molecule is O.O=c1c2c3c(sc2ncn1CCCOCc1ccco1)CCC3. The minimum Gasteiger partial charge on any atom is -0.467 e. The third-order valence-electron chi connectivity index (χ3n) is 4.20. The summed E-state index contributed by atoms with van der Waals surface area (Å²) < 4.78 is 12.5. The first-order chi connectivity index (χ1) is 11.3. The molecule has 7 heteroatoms. The lowest BCUT2D eigenvalue weighted by atomic mass is 10.2. The first-order valence-corrected chi connectivity index (χ1v) is 8.74. The first kappa shape index (κ1) is 16.9. The van der Waals surface area contributed by atoms with Gasteiger partial charge in [0.2, 0.25) is 0 Å². The minimum absolute atomic E-state index is 0. The molecular formula is C17H20N2O4S. The summed E-state index contributed by atoms with van der Waals surface area (Å²) in [5, 5.41) is 0.849. The molecule has 1 aliphatic rings. The number of aryl methyl sites for hydroxylation is 3. The Morgan fingerprint density at radius 3 is 3.12 bits per heavy atom. The van der Waals surface area contributed by atoms with Gasteiger partial charge in [0.05, 0.1) is 18.0 Å². The quantitative estimate of drug-likeness (QED) is 0.640. The van der Waals surface area contributed by atoms with E-state index in [0.29, 0.717) is 19.8 Å². The Morgan fingerprint density at radius 2 is 2.29 bits per heavy atom. The van der Waals surface area contributed by atoms with Crippen LogP contribution in [0.2, 0.25) is 0 Å². The highest BCUT2D eigenvalue weighted by Gasteiger charge is 2.21. The summed E-state index contributed by atoms with van der Waals surface area (Å²) in [7, 11) is 0. The molecule has 0 radical (unpaired) electrons. The Kier molecular flexibility index (Phi) is 5.13. The molecule has 0 fully saturated rings. The van der Waals surface area contributed by atoms with Crippen molar-refractivity contribution in [2.45, 2.75) is 38.8 Å². The van der Waals surface area contributed by atoms with E-state index in [-0.39, 0.29) is 11.0 Å². The maximum absolute atomic E-state index is 12.7. The molecule has 0 saturated heterocycles. The summed E-state index contributed by atoms with van der Waals surface area (Å²) in [4.78, 5) is 19.4. The van der Waals surface area contributed by atoms with Crippen LogP contribution in [-0.2, 0) is 30.7 Å². The van der Waals surface area contributed by atoms with Crippen LogP contribution in [0, 0.1) is 0 Å². The fraction of sp³-hybridized carbons (Fsp3) is 0.412. The molecule has 1 aliphatic carbocycles. The Balaban J connectivity index is 0.00000169. The van der Waals surface area contributed by atoms with Crippen molar-refractivity contribution in [3.63, 3.8) is 0 Å². The van der Waals surface area contributed by atoms with Crippen LogP contribution in [0.15, 0.2) is 33.9 Å². The molecule has 0 aromatic carbocycles. The molecule has 0 amide bonds. The van der Waals surface area contributed by atoms with Gasteiger partial charge >= 0.3 is 0 Å². The highest BCUT2D eigenvalue weighted by molar-refractivity contribution is 7.18. The molecule has 3 aromatic heterocycles. The molecule has 0 saturated carbocycles. The molecule has 4 rings (SSSR count). The molecule has 0 unspecified atom stereocenters. The van der Waals surface area contributed by atoms with Crippen LogP contribution < -0.4 is 5.56 Å². The van der Waals surface area contributed by atoms with E-state index < -0.39 is 0 Å². The van der Waals surface area contributed by atoms with E-state index in [2.05, 4.69) is 4.98 Å². The summed E-state index contributed by atoms with van der Waals surface area (Å²) >= 11 is 1.68. The number of furan rings is 1. The van der Waals surface area contributed by atoms with Crippen molar-refractivity contribution in [2.24, 2.45) is 0 Å². The summed E-state index contributed by atoms with van der Waals surface area (Å²) in [5.74, 6) is 0.819. The van der Waals surface area contributed by atoms with E-state index in [1.54, 1.807) is 28.5 Å². The van der Waals surface area contributed by atoms with Crippen molar-refractivity contribution in [3.8, 4) is 0 Å². The van der Waals surface area contributed by atoms with Crippen molar-refractivity contribution in [2.75, 3.05) is 6.61 Å². The Bertz CT molecular complexity index is 867. The molecule has 0 atom stereocenters. The van der Waals surface area contributed by atoms with Gasteiger partial charge in [-0.15, -0.1) is 11.3 Å². The van der Waals surface area contributed by atoms with Gasteiger partial charge in [0, 0.05) is 18.0 Å². The zero-order chi connectivity index (χ0) is 15.6. The molecule has 3 heterocycles. The average molecular weight is 348 g/mol. The second kappa shape index (κ2) is 7.29. The third-order valence-corrected chi connectivity index (χ3v) is 5.40. The molecule has 2 N–H and O–H groups in total. The highest BCUT2D eigenvalue weighted by Crippen LogP contribution is 2.34. The molecule has 0 spiro atoms. The zero-order valence-corrected chi connectivity index (χ0v) is 14.1. The van der Waals surface area contributed by atoms with Crippen LogP contribution in [0.25, 0.3) is 10.2 Å².